The summed E-state index contributed by atoms with van der Waals surface area (Å²) in [6, 6.07) is 26.3. The van der Waals surface area contributed by atoms with Crippen molar-refractivity contribution in [3.8, 4) is 22.8 Å². The van der Waals surface area contributed by atoms with Crippen LogP contribution >= 0.6 is 23.4 Å². The van der Waals surface area contributed by atoms with Gasteiger partial charge in [-0.05, 0) is 54.6 Å². The fourth-order valence-corrected chi connectivity index (χ4v) is 4.23. The monoisotopic (exact) mass is 486 g/mol. The molecule has 0 fully saturated rings. The van der Waals surface area contributed by atoms with Gasteiger partial charge >= 0.3 is 0 Å². The van der Waals surface area contributed by atoms with Gasteiger partial charge in [-0.2, -0.15) is 5.10 Å². The molecule has 2 heterocycles. The summed E-state index contributed by atoms with van der Waals surface area (Å²) in [4.78, 5) is 17.0. The highest BCUT2D eigenvalue weighted by molar-refractivity contribution is 8.00. The molecular formula is C26H19ClN4O2S. The second-order valence-corrected chi connectivity index (χ2v) is 8.78. The lowest BCUT2D eigenvalue weighted by Crippen LogP contribution is -2.14. The maximum atomic E-state index is 12.5. The van der Waals surface area contributed by atoms with E-state index in [2.05, 4.69) is 15.4 Å². The number of fused-ring (bicyclic) bond motifs is 1. The van der Waals surface area contributed by atoms with E-state index in [1.165, 1.54) is 11.8 Å². The first-order valence-electron chi connectivity index (χ1n) is 10.5. The molecule has 168 valence electrons. The van der Waals surface area contributed by atoms with Crippen LogP contribution in [0.25, 0.3) is 16.8 Å². The number of anilines is 1. The number of hydrogen-bond donors (Lipinski definition) is 1. The molecule has 0 aliphatic rings. The number of ether oxygens (including phenoxy) is 1. The van der Waals surface area contributed by atoms with Crippen LogP contribution < -0.4 is 10.1 Å². The molecule has 6 nitrogen and oxygen atoms in total. The van der Waals surface area contributed by atoms with Gasteiger partial charge in [-0.1, -0.05) is 53.7 Å². The van der Waals surface area contributed by atoms with Crippen LogP contribution in [0.3, 0.4) is 0 Å². The van der Waals surface area contributed by atoms with Gasteiger partial charge in [0.25, 0.3) is 0 Å². The van der Waals surface area contributed by atoms with Gasteiger partial charge < -0.3 is 10.1 Å². The first-order valence-corrected chi connectivity index (χ1v) is 11.9. The van der Waals surface area contributed by atoms with Crippen LogP contribution in [0.15, 0.2) is 102 Å². The zero-order chi connectivity index (χ0) is 23.3. The van der Waals surface area contributed by atoms with E-state index < -0.39 is 0 Å². The molecule has 34 heavy (non-hydrogen) atoms. The van der Waals surface area contributed by atoms with Crippen LogP contribution in [0.2, 0.25) is 5.02 Å². The molecular weight excluding hydrogens is 468 g/mol. The third-order valence-corrected chi connectivity index (χ3v) is 6.20. The number of nitrogens with zero attached hydrogens (tertiary/aromatic N) is 3. The summed E-state index contributed by atoms with van der Waals surface area (Å²) in [6.07, 6.45) is 3.47. The fraction of sp³-hybridized carbons (Fsp3) is 0.0385. The third-order valence-electron chi connectivity index (χ3n) is 4.95. The summed E-state index contributed by atoms with van der Waals surface area (Å²) in [7, 11) is 0. The lowest BCUT2D eigenvalue weighted by molar-refractivity contribution is -0.113. The first kappa shape index (κ1) is 22.0. The van der Waals surface area contributed by atoms with Crippen LogP contribution in [0.1, 0.15) is 0 Å². The molecule has 0 spiro atoms. The first-order chi connectivity index (χ1) is 16.6. The predicted molar refractivity (Wildman–Crippen MR) is 136 cm³/mol. The van der Waals surface area contributed by atoms with Crippen molar-refractivity contribution in [2.45, 2.75) is 5.03 Å². The van der Waals surface area contributed by atoms with Gasteiger partial charge in [0.2, 0.25) is 5.91 Å². The van der Waals surface area contributed by atoms with E-state index >= 15 is 0 Å². The molecule has 1 N–H and O–H groups in total. The van der Waals surface area contributed by atoms with Crippen molar-refractivity contribution in [2.75, 3.05) is 11.1 Å². The lowest BCUT2D eigenvalue weighted by atomic mass is 10.1. The Hall–Kier alpha value is -3.81. The second kappa shape index (κ2) is 9.99. The lowest BCUT2D eigenvalue weighted by Gasteiger charge is -2.08. The molecule has 1 amide bonds. The number of amides is 1. The quantitative estimate of drug-likeness (QED) is 0.263. The standard InChI is InChI=1S/C26H19ClN4O2S/c27-19-8-6-18(7-9-19)23-16-24-26(28-14-15-31(24)30-23)34-17-25(32)29-20-10-12-22(13-11-20)33-21-4-2-1-3-5-21/h1-16H,17H2,(H,29,32). The Labute approximate surface area is 205 Å². The number of carbonyl (C=O) groups is 1. The molecule has 0 aliphatic heterocycles. The van der Waals surface area contributed by atoms with Crippen molar-refractivity contribution in [2.24, 2.45) is 0 Å². The van der Waals surface area contributed by atoms with Crippen LogP contribution in [-0.2, 0) is 4.79 Å². The molecule has 0 atom stereocenters. The number of para-hydroxylation sites is 1. The minimum absolute atomic E-state index is 0.122. The maximum Gasteiger partial charge on any atom is 0.234 e. The van der Waals surface area contributed by atoms with Gasteiger partial charge in [0, 0.05) is 28.7 Å². The highest BCUT2D eigenvalue weighted by Crippen LogP contribution is 2.27. The molecule has 3 aromatic carbocycles. The van der Waals surface area contributed by atoms with E-state index in [0.29, 0.717) is 16.5 Å². The SMILES string of the molecule is O=C(CSc1nccn2nc(-c3ccc(Cl)cc3)cc12)Nc1ccc(Oc2ccccc2)cc1. The van der Waals surface area contributed by atoms with E-state index in [-0.39, 0.29) is 11.7 Å². The molecule has 8 heteroatoms. The molecule has 0 aliphatic carbocycles. The maximum absolute atomic E-state index is 12.5. The van der Waals surface area contributed by atoms with Crippen LogP contribution in [0, 0.1) is 0 Å². The Morgan fingerprint density at radius 1 is 0.971 bits per heavy atom. The molecule has 0 saturated carbocycles. The van der Waals surface area contributed by atoms with Crippen molar-refractivity contribution in [1.82, 2.24) is 14.6 Å². The largest absolute Gasteiger partial charge is 0.457 e. The van der Waals surface area contributed by atoms with Crippen LogP contribution in [0.5, 0.6) is 11.5 Å². The summed E-state index contributed by atoms with van der Waals surface area (Å²) in [5, 5.41) is 8.93. The minimum atomic E-state index is -0.122. The van der Waals surface area contributed by atoms with E-state index in [1.807, 2.05) is 84.9 Å². The highest BCUT2D eigenvalue weighted by atomic mass is 35.5. The molecule has 5 rings (SSSR count). The van der Waals surface area contributed by atoms with Gasteiger partial charge in [-0.25, -0.2) is 9.50 Å². The van der Waals surface area contributed by atoms with Crippen molar-refractivity contribution >= 4 is 40.5 Å². The fourth-order valence-electron chi connectivity index (χ4n) is 3.33. The number of carbonyl (C=O) groups excluding carboxylic acids is 1. The molecule has 2 aromatic heterocycles. The van der Waals surface area contributed by atoms with Gasteiger partial charge in [-0.15, -0.1) is 0 Å². The predicted octanol–water partition coefficient (Wildman–Crippen LogP) is 6.57. The Bertz CT molecular complexity index is 1420. The number of aromatic nitrogens is 3. The molecule has 0 saturated heterocycles. The third kappa shape index (κ3) is 5.22. The summed E-state index contributed by atoms with van der Waals surface area (Å²) in [5.74, 6) is 1.56. The highest BCUT2D eigenvalue weighted by Gasteiger charge is 2.12. The zero-order valence-electron chi connectivity index (χ0n) is 17.9. The van der Waals surface area contributed by atoms with Gasteiger partial charge in [0.1, 0.15) is 16.5 Å². The average molecular weight is 487 g/mol. The van der Waals surface area contributed by atoms with Crippen molar-refractivity contribution in [1.29, 1.82) is 0 Å². The molecule has 5 aromatic rings. The van der Waals surface area contributed by atoms with E-state index in [1.54, 1.807) is 16.9 Å². The van der Waals surface area contributed by atoms with Gasteiger partial charge in [0.15, 0.2) is 0 Å². The normalized spacial score (nSPS) is 10.9. The number of halogens is 1. The van der Waals surface area contributed by atoms with Crippen LogP contribution in [0.4, 0.5) is 5.69 Å². The van der Waals surface area contributed by atoms with E-state index in [4.69, 9.17) is 16.3 Å². The minimum Gasteiger partial charge on any atom is -0.457 e. The summed E-state index contributed by atoms with van der Waals surface area (Å²) >= 11 is 7.35. The molecule has 0 radical (unpaired) electrons. The number of hydrogen-bond acceptors (Lipinski definition) is 5. The summed E-state index contributed by atoms with van der Waals surface area (Å²) < 4.78 is 7.55. The van der Waals surface area contributed by atoms with Gasteiger partial charge in [-0.3, -0.25) is 4.79 Å². The van der Waals surface area contributed by atoms with E-state index in [0.717, 1.165) is 27.5 Å². The molecule has 0 bridgehead atoms. The topological polar surface area (TPSA) is 68.5 Å². The Morgan fingerprint density at radius 3 is 2.47 bits per heavy atom. The Kier molecular flexibility index (Phi) is 6.46. The number of thioether (sulfide) groups is 1. The van der Waals surface area contributed by atoms with E-state index in [9.17, 15) is 4.79 Å². The van der Waals surface area contributed by atoms with Gasteiger partial charge in [0.05, 0.1) is 17.0 Å². The number of rotatable bonds is 7. The Morgan fingerprint density at radius 2 is 1.71 bits per heavy atom. The van der Waals surface area contributed by atoms with Crippen molar-refractivity contribution in [3.05, 3.63) is 102 Å². The van der Waals surface area contributed by atoms with Crippen molar-refractivity contribution in [3.63, 3.8) is 0 Å². The Balaban J connectivity index is 1.22. The number of nitrogens with one attached hydrogen (secondary N) is 1. The summed E-state index contributed by atoms with van der Waals surface area (Å²) in [6.45, 7) is 0. The second-order valence-electron chi connectivity index (χ2n) is 7.38. The molecule has 0 unspecified atom stereocenters. The number of benzene rings is 3. The van der Waals surface area contributed by atoms with Crippen LogP contribution in [-0.4, -0.2) is 26.3 Å². The average Bonchev–Trinajstić information content (AvgIpc) is 3.30. The van der Waals surface area contributed by atoms with Crippen molar-refractivity contribution < 1.29 is 9.53 Å². The zero-order valence-corrected chi connectivity index (χ0v) is 19.5. The summed E-state index contributed by atoms with van der Waals surface area (Å²) in [5.41, 5.74) is 3.31. The smallest absolute Gasteiger partial charge is 0.234 e.